The normalized spacial score (nSPS) is 14.3. The lowest BCUT2D eigenvalue weighted by atomic mass is 9.89. The summed E-state index contributed by atoms with van der Waals surface area (Å²) < 4.78 is 72.9. The molecule has 40 heavy (non-hydrogen) atoms. The lowest BCUT2D eigenvalue weighted by Gasteiger charge is -2.34. The number of ether oxygens (including phenoxy) is 1. The maximum atomic E-state index is 15.1. The van der Waals surface area contributed by atoms with Crippen LogP contribution in [0.5, 0.6) is 5.75 Å². The maximum Gasteiger partial charge on any atom is 0.573 e. The molecule has 2 aromatic heterocycles. The molecule has 0 saturated carbocycles. The number of fused-ring (bicyclic) bond motifs is 1. The highest BCUT2D eigenvalue weighted by atomic mass is 35.5. The Bertz CT molecular complexity index is 1490. The number of amides is 1. The van der Waals surface area contributed by atoms with Crippen LogP contribution in [0.3, 0.4) is 0 Å². The van der Waals surface area contributed by atoms with E-state index < -0.39 is 18.0 Å². The van der Waals surface area contributed by atoms with Crippen molar-refractivity contribution in [2.45, 2.75) is 45.5 Å². The van der Waals surface area contributed by atoms with Crippen LogP contribution in [0.25, 0.3) is 4.96 Å². The molecule has 1 saturated heterocycles. The zero-order valence-corrected chi connectivity index (χ0v) is 23.2. The van der Waals surface area contributed by atoms with Gasteiger partial charge in [-0.1, -0.05) is 12.1 Å². The number of hydrogen-bond donors (Lipinski definition) is 1. The summed E-state index contributed by atoms with van der Waals surface area (Å²) in [6.07, 6.45) is -1.77. The fourth-order valence-corrected chi connectivity index (χ4v) is 5.88. The first kappa shape index (κ1) is 29.6. The van der Waals surface area contributed by atoms with Crippen molar-refractivity contribution < 1.29 is 31.5 Å². The summed E-state index contributed by atoms with van der Waals surface area (Å²) in [5, 5.41) is 2.72. The molecule has 2 aromatic carbocycles. The van der Waals surface area contributed by atoms with Crippen molar-refractivity contribution >= 4 is 40.3 Å². The summed E-state index contributed by atoms with van der Waals surface area (Å²) in [6.45, 7) is 4.36. The van der Waals surface area contributed by atoms with Crippen LogP contribution in [0.15, 0.2) is 42.6 Å². The largest absolute Gasteiger partial charge is 0.573 e. The van der Waals surface area contributed by atoms with Crippen molar-refractivity contribution in [1.29, 1.82) is 0 Å². The third-order valence-corrected chi connectivity index (χ3v) is 7.66. The molecule has 0 atom stereocenters. The molecule has 4 aromatic rings. The van der Waals surface area contributed by atoms with Crippen LogP contribution in [-0.2, 0) is 6.54 Å². The van der Waals surface area contributed by atoms with Gasteiger partial charge in [0.15, 0.2) is 4.96 Å². The van der Waals surface area contributed by atoms with Crippen LogP contribution in [-0.4, -0.2) is 34.7 Å². The zero-order chi connectivity index (χ0) is 27.9. The molecule has 1 fully saturated rings. The van der Waals surface area contributed by atoms with E-state index in [1.165, 1.54) is 35.6 Å². The molecule has 3 heterocycles. The first-order valence-electron chi connectivity index (χ1n) is 12.3. The number of anilines is 1. The quantitative estimate of drug-likeness (QED) is 0.244. The Kier molecular flexibility index (Phi) is 8.60. The molecule has 0 spiro atoms. The molecule has 1 aliphatic heterocycles. The Balaban J connectivity index is 0.00000370. The van der Waals surface area contributed by atoms with Crippen LogP contribution in [0, 0.1) is 25.5 Å². The number of thiazole rings is 1. The van der Waals surface area contributed by atoms with Crippen LogP contribution < -0.4 is 15.0 Å². The van der Waals surface area contributed by atoms with Crippen LogP contribution in [0.4, 0.5) is 27.6 Å². The fourth-order valence-electron chi connectivity index (χ4n) is 5.00. The van der Waals surface area contributed by atoms with Gasteiger partial charge in [0, 0.05) is 30.7 Å². The van der Waals surface area contributed by atoms with Crippen molar-refractivity contribution in [1.82, 2.24) is 14.7 Å². The Morgan fingerprint density at radius 1 is 1.10 bits per heavy atom. The highest BCUT2D eigenvalue weighted by molar-refractivity contribution is 7.17. The second kappa shape index (κ2) is 11.6. The molecule has 5 rings (SSSR count). The molecular weight excluding hydrogens is 575 g/mol. The van der Waals surface area contributed by atoms with E-state index >= 15 is 8.78 Å². The van der Waals surface area contributed by atoms with Gasteiger partial charge in [0.05, 0.1) is 5.69 Å². The van der Waals surface area contributed by atoms with E-state index in [2.05, 4.69) is 15.0 Å². The Hall–Kier alpha value is -3.38. The van der Waals surface area contributed by atoms with Gasteiger partial charge >= 0.3 is 6.36 Å². The topological polar surface area (TPSA) is 58.9 Å². The van der Waals surface area contributed by atoms with Gasteiger partial charge in [-0.15, -0.1) is 36.9 Å². The van der Waals surface area contributed by atoms with Gasteiger partial charge in [-0.3, -0.25) is 9.20 Å². The predicted molar refractivity (Wildman–Crippen MR) is 145 cm³/mol. The highest BCUT2D eigenvalue weighted by Gasteiger charge is 2.31. The van der Waals surface area contributed by atoms with Gasteiger partial charge in [-0.05, 0) is 68.0 Å². The molecule has 1 amide bonds. The molecule has 0 bridgehead atoms. The highest BCUT2D eigenvalue weighted by Crippen LogP contribution is 2.34. The lowest BCUT2D eigenvalue weighted by Crippen LogP contribution is -2.34. The minimum Gasteiger partial charge on any atom is -0.406 e. The molecule has 214 valence electrons. The number of carbonyl (C=O) groups is 1. The Labute approximate surface area is 237 Å². The van der Waals surface area contributed by atoms with Crippen molar-refractivity contribution in [3.8, 4) is 5.75 Å². The van der Waals surface area contributed by atoms with Crippen molar-refractivity contribution in [2.24, 2.45) is 0 Å². The van der Waals surface area contributed by atoms with Gasteiger partial charge in [-0.25, -0.2) is 13.8 Å². The van der Waals surface area contributed by atoms with Crippen LogP contribution in [0.1, 0.15) is 50.9 Å². The zero-order valence-electron chi connectivity index (χ0n) is 21.5. The Morgan fingerprint density at radius 3 is 2.33 bits per heavy atom. The van der Waals surface area contributed by atoms with E-state index in [0.29, 0.717) is 42.3 Å². The standard InChI is InChI=1S/C27H25F5N4O2S.ClH/c1-15-14-36-23(16(2)34-26(36)39-15)25(37)33-13-17-11-21(28)24(22(29)12-17)35-9-7-19(8-10-35)18-3-5-20(6-4-18)38-27(30,31)32;/h3-6,11-12,14,19H,7-10,13H2,1-2H3,(H,33,37);1H. The third kappa shape index (κ3) is 6.33. The first-order chi connectivity index (χ1) is 18.5. The van der Waals surface area contributed by atoms with E-state index in [4.69, 9.17) is 0 Å². The molecule has 0 radical (unpaired) electrons. The van der Waals surface area contributed by atoms with Gasteiger partial charge < -0.3 is 15.0 Å². The monoisotopic (exact) mass is 600 g/mol. The van der Waals surface area contributed by atoms with Crippen molar-refractivity contribution in [3.05, 3.63) is 81.6 Å². The molecular formula is C27H26ClF5N4O2S. The summed E-state index contributed by atoms with van der Waals surface area (Å²) in [6, 6.07) is 8.15. The number of hydrogen-bond acceptors (Lipinski definition) is 5. The number of piperidine rings is 1. The summed E-state index contributed by atoms with van der Waals surface area (Å²) in [5.74, 6) is -2.07. The molecule has 6 nitrogen and oxygen atoms in total. The van der Waals surface area contributed by atoms with Crippen LogP contribution >= 0.6 is 23.7 Å². The second-order valence-electron chi connectivity index (χ2n) is 9.51. The number of benzene rings is 2. The number of nitrogens with zero attached hydrogens (tertiary/aromatic N) is 3. The average molecular weight is 601 g/mol. The molecule has 1 N–H and O–H groups in total. The van der Waals surface area contributed by atoms with Crippen LogP contribution in [0.2, 0.25) is 0 Å². The SMILES string of the molecule is Cc1cn2c(C(=O)NCc3cc(F)c(N4CCC(c5ccc(OC(F)(F)F)cc5)CC4)c(F)c3)c(C)nc2s1.Cl. The minimum absolute atomic E-state index is 0. The summed E-state index contributed by atoms with van der Waals surface area (Å²) >= 11 is 1.46. The van der Waals surface area contributed by atoms with Crippen molar-refractivity contribution in [2.75, 3.05) is 18.0 Å². The van der Waals surface area contributed by atoms with Gasteiger partial charge in [0.2, 0.25) is 0 Å². The van der Waals surface area contributed by atoms with E-state index in [1.807, 2.05) is 13.1 Å². The Morgan fingerprint density at radius 2 is 1.73 bits per heavy atom. The third-order valence-electron chi connectivity index (χ3n) is 6.76. The second-order valence-corrected chi connectivity index (χ2v) is 10.7. The average Bonchev–Trinajstić information content (AvgIpc) is 3.36. The number of aromatic nitrogens is 2. The van der Waals surface area contributed by atoms with E-state index in [0.717, 1.165) is 10.4 Å². The van der Waals surface area contributed by atoms with Gasteiger partial charge in [-0.2, -0.15) is 0 Å². The molecule has 13 heteroatoms. The summed E-state index contributed by atoms with van der Waals surface area (Å²) in [4.78, 5) is 20.5. The van der Waals surface area contributed by atoms with E-state index in [9.17, 15) is 18.0 Å². The number of imidazole rings is 1. The number of alkyl halides is 3. The first-order valence-corrected chi connectivity index (χ1v) is 13.1. The summed E-state index contributed by atoms with van der Waals surface area (Å²) in [7, 11) is 0. The smallest absolute Gasteiger partial charge is 0.406 e. The van der Waals surface area contributed by atoms with Crippen molar-refractivity contribution in [3.63, 3.8) is 0 Å². The van der Waals surface area contributed by atoms with E-state index in [-0.39, 0.29) is 47.8 Å². The lowest BCUT2D eigenvalue weighted by molar-refractivity contribution is -0.274. The summed E-state index contributed by atoms with van der Waals surface area (Å²) in [5.41, 5.74) is 1.97. The fraction of sp³-hybridized carbons (Fsp3) is 0.333. The number of nitrogens with one attached hydrogen (secondary N) is 1. The molecule has 0 unspecified atom stereocenters. The number of halogens is 6. The minimum atomic E-state index is -4.75. The molecule has 0 aliphatic carbocycles. The van der Waals surface area contributed by atoms with E-state index in [1.54, 1.807) is 28.4 Å². The number of aryl methyl sites for hydroxylation is 2. The number of rotatable bonds is 6. The maximum absolute atomic E-state index is 15.1. The van der Waals surface area contributed by atoms with Gasteiger partial charge in [0.1, 0.15) is 28.8 Å². The van der Waals surface area contributed by atoms with Gasteiger partial charge in [0.25, 0.3) is 5.91 Å². The number of carbonyl (C=O) groups excluding carboxylic acids is 1. The molecule has 1 aliphatic rings. The predicted octanol–water partition coefficient (Wildman–Crippen LogP) is 6.93.